The number of rotatable bonds is 5. The molecule has 0 aliphatic heterocycles. The molecule has 0 atom stereocenters. The molecule has 0 bridgehead atoms. The van der Waals surface area contributed by atoms with E-state index in [1.165, 1.54) is 11.1 Å². The van der Waals surface area contributed by atoms with E-state index in [0.717, 1.165) is 30.5 Å². The zero-order valence-electron chi connectivity index (χ0n) is 12.6. The Morgan fingerprint density at radius 1 is 0.955 bits per heavy atom. The zero-order chi connectivity index (χ0) is 14.9. The van der Waals surface area contributed by atoms with Crippen LogP contribution in [0.15, 0.2) is 59.6 Å². The summed E-state index contributed by atoms with van der Waals surface area (Å²) in [5, 5.41) is 7.35. The van der Waals surface area contributed by atoms with Crippen LogP contribution in [-0.2, 0) is 13.0 Å². The monoisotopic (exact) mass is 429 g/mol. The van der Waals surface area contributed by atoms with E-state index in [-0.39, 0.29) is 24.0 Å². The highest BCUT2D eigenvalue weighted by Crippen LogP contribution is 2.09. The van der Waals surface area contributed by atoms with Gasteiger partial charge in [-0.05, 0) is 29.7 Å². The second-order valence-corrected chi connectivity index (χ2v) is 5.15. The highest BCUT2D eigenvalue weighted by Gasteiger charge is 1.98. The fourth-order valence-electron chi connectivity index (χ4n) is 1.98. The summed E-state index contributed by atoms with van der Waals surface area (Å²) in [4.78, 5) is 4.22. The molecule has 0 aliphatic carbocycles. The van der Waals surface area contributed by atoms with Crippen molar-refractivity contribution >= 4 is 41.5 Å². The lowest BCUT2D eigenvalue weighted by atomic mass is 10.1. The van der Waals surface area contributed by atoms with Crippen molar-refractivity contribution in [2.24, 2.45) is 4.99 Å². The fourth-order valence-corrected chi connectivity index (χ4v) is 2.10. The Morgan fingerprint density at radius 2 is 1.64 bits per heavy atom. The van der Waals surface area contributed by atoms with Crippen molar-refractivity contribution in [2.75, 3.05) is 13.6 Å². The molecule has 22 heavy (non-hydrogen) atoms. The fraction of sp³-hybridized carbons (Fsp3) is 0.235. The van der Waals surface area contributed by atoms with E-state index >= 15 is 0 Å². The van der Waals surface area contributed by atoms with Crippen molar-refractivity contribution < 1.29 is 0 Å². The highest BCUT2D eigenvalue weighted by molar-refractivity contribution is 14.0. The van der Waals surface area contributed by atoms with Crippen LogP contribution >= 0.6 is 35.6 Å². The van der Waals surface area contributed by atoms with Gasteiger partial charge in [0, 0.05) is 25.2 Å². The largest absolute Gasteiger partial charge is 0.356 e. The van der Waals surface area contributed by atoms with Crippen LogP contribution in [0.5, 0.6) is 0 Å². The van der Waals surface area contributed by atoms with Gasteiger partial charge in [-0.15, -0.1) is 24.0 Å². The molecule has 0 fully saturated rings. The molecule has 0 heterocycles. The first-order valence-electron chi connectivity index (χ1n) is 7.01. The highest BCUT2D eigenvalue weighted by atomic mass is 127. The van der Waals surface area contributed by atoms with Crippen LogP contribution in [0.3, 0.4) is 0 Å². The summed E-state index contributed by atoms with van der Waals surface area (Å²) in [7, 11) is 1.78. The number of guanidine groups is 1. The lowest BCUT2D eigenvalue weighted by Crippen LogP contribution is -2.37. The molecule has 3 nitrogen and oxygen atoms in total. The maximum Gasteiger partial charge on any atom is 0.191 e. The average molecular weight is 430 g/mol. The maximum atomic E-state index is 5.87. The molecular formula is C17H21ClIN3. The molecule has 0 spiro atoms. The molecule has 0 unspecified atom stereocenters. The Morgan fingerprint density at radius 3 is 2.27 bits per heavy atom. The predicted molar refractivity (Wildman–Crippen MR) is 105 cm³/mol. The van der Waals surface area contributed by atoms with Gasteiger partial charge in [0.25, 0.3) is 0 Å². The number of nitrogens with one attached hydrogen (secondary N) is 2. The van der Waals surface area contributed by atoms with Crippen LogP contribution in [0.1, 0.15) is 11.1 Å². The molecule has 0 aliphatic rings. The van der Waals surface area contributed by atoms with Crippen LogP contribution < -0.4 is 10.6 Å². The minimum absolute atomic E-state index is 0. The molecule has 0 aromatic heterocycles. The van der Waals surface area contributed by atoms with Crippen LogP contribution in [0.4, 0.5) is 0 Å². The lowest BCUT2D eigenvalue weighted by molar-refractivity contribution is 0.794. The number of hydrogen-bond donors (Lipinski definition) is 2. The molecule has 0 saturated heterocycles. The van der Waals surface area contributed by atoms with Crippen LogP contribution in [0.25, 0.3) is 0 Å². The van der Waals surface area contributed by atoms with E-state index in [0.29, 0.717) is 0 Å². The summed E-state index contributed by atoms with van der Waals surface area (Å²) in [6.07, 6.45) is 0.975. The molecule has 118 valence electrons. The number of halogens is 2. The van der Waals surface area contributed by atoms with Gasteiger partial charge >= 0.3 is 0 Å². The maximum absolute atomic E-state index is 5.87. The molecule has 2 rings (SSSR count). The normalized spacial score (nSPS) is 10.7. The van der Waals surface area contributed by atoms with Gasteiger partial charge in [0.2, 0.25) is 0 Å². The quantitative estimate of drug-likeness (QED) is 0.430. The molecule has 2 aromatic carbocycles. The summed E-state index contributed by atoms with van der Waals surface area (Å²) in [6, 6.07) is 18.2. The van der Waals surface area contributed by atoms with Crippen molar-refractivity contribution in [3.63, 3.8) is 0 Å². The molecule has 0 amide bonds. The standard InChI is InChI=1S/C17H20ClN3.HI/c1-19-17(20-12-11-14-5-3-2-4-6-14)21-13-15-7-9-16(18)10-8-15;/h2-10H,11-13H2,1H3,(H2,19,20,21);1H. The predicted octanol–water partition coefficient (Wildman–Crippen LogP) is 3.87. The SMILES string of the molecule is CN=C(NCCc1ccccc1)NCc1ccc(Cl)cc1.I. The first-order chi connectivity index (χ1) is 10.3. The number of aliphatic imine (C=N–C) groups is 1. The summed E-state index contributed by atoms with van der Waals surface area (Å²) >= 11 is 5.87. The number of nitrogens with zero attached hydrogens (tertiary/aromatic N) is 1. The third kappa shape index (κ3) is 6.66. The zero-order valence-corrected chi connectivity index (χ0v) is 15.6. The third-order valence-electron chi connectivity index (χ3n) is 3.15. The minimum Gasteiger partial charge on any atom is -0.356 e. The van der Waals surface area contributed by atoms with Gasteiger partial charge in [0.15, 0.2) is 5.96 Å². The molecule has 0 radical (unpaired) electrons. The summed E-state index contributed by atoms with van der Waals surface area (Å²) < 4.78 is 0. The summed E-state index contributed by atoms with van der Waals surface area (Å²) in [5.41, 5.74) is 2.49. The van der Waals surface area contributed by atoms with Crippen molar-refractivity contribution in [2.45, 2.75) is 13.0 Å². The summed E-state index contributed by atoms with van der Waals surface area (Å²) in [6.45, 7) is 1.58. The van der Waals surface area contributed by atoms with Crippen LogP contribution in [0.2, 0.25) is 5.02 Å². The Kier molecular flexibility index (Phi) is 8.92. The topological polar surface area (TPSA) is 36.4 Å². The lowest BCUT2D eigenvalue weighted by Gasteiger charge is -2.12. The molecule has 5 heteroatoms. The first kappa shape index (κ1) is 18.8. The molecule has 2 aromatic rings. The van der Waals surface area contributed by atoms with E-state index in [1.807, 2.05) is 30.3 Å². The van der Waals surface area contributed by atoms with Crippen molar-refractivity contribution in [1.29, 1.82) is 0 Å². The van der Waals surface area contributed by atoms with Crippen molar-refractivity contribution in [3.8, 4) is 0 Å². The van der Waals surface area contributed by atoms with E-state index in [1.54, 1.807) is 7.05 Å². The second kappa shape index (κ2) is 10.5. The van der Waals surface area contributed by atoms with Gasteiger partial charge in [-0.1, -0.05) is 54.1 Å². The van der Waals surface area contributed by atoms with Crippen LogP contribution in [0, 0.1) is 0 Å². The average Bonchev–Trinajstić information content (AvgIpc) is 2.53. The van der Waals surface area contributed by atoms with Gasteiger partial charge in [-0.2, -0.15) is 0 Å². The Labute approximate surface area is 154 Å². The van der Waals surface area contributed by atoms with Gasteiger partial charge in [-0.3, -0.25) is 4.99 Å². The van der Waals surface area contributed by atoms with Gasteiger partial charge in [0.1, 0.15) is 0 Å². The van der Waals surface area contributed by atoms with Gasteiger partial charge < -0.3 is 10.6 Å². The molecular weight excluding hydrogens is 409 g/mol. The smallest absolute Gasteiger partial charge is 0.191 e. The minimum atomic E-state index is 0. The first-order valence-corrected chi connectivity index (χ1v) is 7.38. The Bertz CT molecular complexity index is 570. The van der Waals surface area contributed by atoms with Gasteiger partial charge in [-0.25, -0.2) is 0 Å². The number of hydrogen-bond acceptors (Lipinski definition) is 1. The van der Waals surface area contributed by atoms with E-state index in [4.69, 9.17) is 11.6 Å². The second-order valence-electron chi connectivity index (χ2n) is 4.71. The van der Waals surface area contributed by atoms with E-state index < -0.39 is 0 Å². The Hall–Kier alpha value is -1.27. The summed E-state index contributed by atoms with van der Waals surface area (Å²) in [5.74, 6) is 0.806. The van der Waals surface area contributed by atoms with E-state index in [9.17, 15) is 0 Å². The van der Waals surface area contributed by atoms with Crippen LogP contribution in [-0.4, -0.2) is 19.6 Å². The van der Waals surface area contributed by atoms with E-state index in [2.05, 4.69) is 39.9 Å². The third-order valence-corrected chi connectivity index (χ3v) is 3.40. The van der Waals surface area contributed by atoms with Crippen molar-refractivity contribution in [1.82, 2.24) is 10.6 Å². The molecule has 0 saturated carbocycles. The number of benzene rings is 2. The van der Waals surface area contributed by atoms with Crippen molar-refractivity contribution in [3.05, 3.63) is 70.7 Å². The Balaban J connectivity index is 0.00000242. The van der Waals surface area contributed by atoms with Gasteiger partial charge in [0.05, 0.1) is 0 Å². The molecule has 2 N–H and O–H groups in total.